The predicted molar refractivity (Wildman–Crippen MR) is 127 cm³/mol. The number of carbonyl (C=O) groups excluding carboxylic acids is 1. The van der Waals surface area contributed by atoms with Crippen LogP contribution in [0.4, 0.5) is 11.4 Å². The highest BCUT2D eigenvalue weighted by Gasteiger charge is 2.27. The Morgan fingerprint density at radius 2 is 1.76 bits per heavy atom. The van der Waals surface area contributed by atoms with Crippen molar-refractivity contribution in [2.45, 2.75) is 18.7 Å². The Labute approximate surface area is 195 Å². The van der Waals surface area contributed by atoms with Crippen LogP contribution in [0.5, 0.6) is 11.5 Å². The molecule has 0 bridgehead atoms. The number of amides is 1. The number of hydrogen-bond acceptors (Lipinski definition) is 7. The Morgan fingerprint density at radius 1 is 1.09 bits per heavy atom. The van der Waals surface area contributed by atoms with Crippen LogP contribution in [0.2, 0.25) is 0 Å². The number of nitrogens with zero attached hydrogens (tertiary/aromatic N) is 2. The summed E-state index contributed by atoms with van der Waals surface area (Å²) >= 11 is 0. The Balaban J connectivity index is 1.84. The average Bonchev–Trinajstić information content (AvgIpc) is 2.85. The van der Waals surface area contributed by atoms with Gasteiger partial charge in [-0.05, 0) is 44.2 Å². The number of benzene rings is 2. The minimum atomic E-state index is -3.70. The lowest BCUT2D eigenvalue weighted by molar-refractivity contribution is -0.118. The third-order valence-electron chi connectivity index (χ3n) is 5.38. The number of nitrogens with one attached hydrogen (secondary N) is 1. The molecular weight excluding hydrogens is 446 g/mol. The summed E-state index contributed by atoms with van der Waals surface area (Å²) in [6.45, 7) is 6.47. The van der Waals surface area contributed by atoms with Gasteiger partial charge in [-0.3, -0.25) is 4.79 Å². The SMILES string of the molecule is CCN(CC)c1ccc(S(=O)(=O)N2CCOCC2)cc1NC(=O)COc1ccccc1OC. The molecule has 10 heteroatoms. The predicted octanol–water partition coefficient (Wildman–Crippen LogP) is 2.58. The van der Waals surface area contributed by atoms with E-state index in [1.165, 1.54) is 17.5 Å². The highest BCUT2D eigenvalue weighted by molar-refractivity contribution is 7.89. The van der Waals surface area contributed by atoms with Crippen LogP contribution in [-0.4, -0.2) is 71.7 Å². The molecule has 3 rings (SSSR count). The summed E-state index contributed by atoms with van der Waals surface area (Å²) in [7, 11) is -2.18. The maximum atomic E-state index is 13.1. The van der Waals surface area contributed by atoms with E-state index in [1.807, 2.05) is 24.8 Å². The molecular formula is C23H31N3O6S. The monoisotopic (exact) mass is 477 g/mol. The number of methoxy groups -OCH3 is 1. The van der Waals surface area contributed by atoms with Crippen molar-refractivity contribution in [3.05, 3.63) is 42.5 Å². The summed E-state index contributed by atoms with van der Waals surface area (Å²) in [5.41, 5.74) is 1.16. The molecule has 2 aromatic rings. The van der Waals surface area contributed by atoms with E-state index >= 15 is 0 Å². The molecule has 1 aliphatic rings. The normalized spacial score (nSPS) is 14.5. The van der Waals surface area contributed by atoms with Gasteiger partial charge in [0.05, 0.1) is 36.6 Å². The van der Waals surface area contributed by atoms with E-state index in [2.05, 4.69) is 5.32 Å². The Hall–Kier alpha value is -2.82. The van der Waals surface area contributed by atoms with Gasteiger partial charge in [-0.15, -0.1) is 0 Å². The molecule has 2 aromatic carbocycles. The second-order valence-corrected chi connectivity index (χ2v) is 9.29. The number of rotatable bonds is 10. The van der Waals surface area contributed by atoms with Crippen molar-refractivity contribution in [2.75, 3.05) is 63.3 Å². The fourth-order valence-electron chi connectivity index (χ4n) is 3.62. The molecule has 9 nitrogen and oxygen atoms in total. The number of anilines is 2. The molecule has 0 atom stereocenters. The standard InChI is InChI=1S/C23H31N3O6S/c1-4-25(5-2)20-11-10-18(33(28,29)26-12-14-31-15-13-26)16-19(20)24-23(27)17-32-22-9-7-6-8-21(22)30-3/h6-11,16H,4-5,12-15,17H2,1-3H3,(H,24,27). The van der Waals surface area contributed by atoms with E-state index < -0.39 is 15.9 Å². The first-order chi connectivity index (χ1) is 15.9. The van der Waals surface area contributed by atoms with Crippen molar-refractivity contribution in [2.24, 2.45) is 0 Å². The van der Waals surface area contributed by atoms with Gasteiger partial charge in [0.2, 0.25) is 10.0 Å². The van der Waals surface area contributed by atoms with Gasteiger partial charge >= 0.3 is 0 Å². The van der Waals surface area contributed by atoms with Crippen LogP contribution < -0.4 is 19.7 Å². The summed E-state index contributed by atoms with van der Waals surface area (Å²) in [5.74, 6) is 0.561. The second-order valence-electron chi connectivity index (χ2n) is 7.36. The molecule has 0 aliphatic carbocycles. The number of carbonyl (C=O) groups is 1. The zero-order valence-electron chi connectivity index (χ0n) is 19.2. The Morgan fingerprint density at radius 3 is 2.39 bits per heavy atom. The molecule has 0 aromatic heterocycles. The molecule has 33 heavy (non-hydrogen) atoms. The first-order valence-electron chi connectivity index (χ1n) is 10.9. The Bertz CT molecular complexity index is 1050. The molecule has 1 heterocycles. The van der Waals surface area contributed by atoms with E-state index in [0.717, 1.165) is 5.69 Å². The fraction of sp³-hybridized carbons (Fsp3) is 0.435. The van der Waals surface area contributed by atoms with Gasteiger partial charge in [0.25, 0.3) is 5.91 Å². The maximum absolute atomic E-state index is 13.1. The van der Waals surface area contributed by atoms with Crippen molar-refractivity contribution in [1.82, 2.24) is 4.31 Å². The van der Waals surface area contributed by atoms with Crippen molar-refractivity contribution in [3.63, 3.8) is 0 Å². The average molecular weight is 478 g/mol. The van der Waals surface area contributed by atoms with Crippen LogP contribution in [0.25, 0.3) is 0 Å². The van der Waals surface area contributed by atoms with Crippen LogP contribution in [0.15, 0.2) is 47.4 Å². The summed E-state index contributed by atoms with van der Waals surface area (Å²) in [6, 6.07) is 11.9. The zero-order valence-corrected chi connectivity index (χ0v) is 20.1. The molecule has 1 fully saturated rings. The lowest BCUT2D eigenvalue weighted by Gasteiger charge is -2.28. The summed E-state index contributed by atoms with van der Waals surface area (Å²) in [4.78, 5) is 14.9. The first kappa shape index (κ1) is 24.8. The largest absolute Gasteiger partial charge is 0.493 e. The van der Waals surface area contributed by atoms with Crippen molar-refractivity contribution in [3.8, 4) is 11.5 Å². The lowest BCUT2D eigenvalue weighted by atomic mass is 10.2. The van der Waals surface area contributed by atoms with E-state index in [0.29, 0.717) is 56.6 Å². The molecule has 1 amide bonds. The third kappa shape index (κ3) is 5.95. The minimum absolute atomic E-state index is 0.126. The van der Waals surface area contributed by atoms with Gasteiger partial charge < -0.3 is 24.4 Å². The van der Waals surface area contributed by atoms with Gasteiger partial charge in [0.15, 0.2) is 18.1 Å². The van der Waals surface area contributed by atoms with Crippen LogP contribution in [0.3, 0.4) is 0 Å². The van der Waals surface area contributed by atoms with E-state index in [-0.39, 0.29) is 11.5 Å². The number of hydrogen-bond donors (Lipinski definition) is 1. The molecule has 1 N–H and O–H groups in total. The van der Waals surface area contributed by atoms with E-state index in [9.17, 15) is 13.2 Å². The molecule has 1 saturated heterocycles. The van der Waals surface area contributed by atoms with Crippen molar-refractivity contribution >= 4 is 27.3 Å². The van der Waals surface area contributed by atoms with Crippen LogP contribution in [-0.2, 0) is 19.6 Å². The number of sulfonamides is 1. The second kappa shape index (κ2) is 11.4. The van der Waals surface area contributed by atoms with Crippen LogP contribution in [0.1, 0.15) is 13.8 Å². The molecule has 0 radical (unpaired) electrons. The van der Waals surface area contributed by atoms with Crippen molar-refractivity contribution in [1.29, 1.82) is 0 Å². The van der Waals surface area contributed by atoms with Gasteiger partial charge in [-0.25, -0.2) is 8.42 Å². The molecule has 1 aliphatic heterocycles. The summed E-state index contributed by atoms with van der Waals surface area (Å²) in [6.07, 6.45) is 0. The van der Waals surface area contributed by atoms with E-state index in [4.69, 9.17) is 14.2 Å². The molecule has 180 valence electrons. The lowest BCUT2D eigenvalue weighted by Crippen LogP contribution is -2.40. The van der Waals surface area contributed by atoms with Gasteiger partial charge in [-0.2, -0.15) is 4.31 Å². The summed E-state index contributed by atoms with van der Waals surface area (Å²) < 4.78 is 43.8. The molecule has 0 unspecified atom stereocenters. The number of morpholine rings is 1. The quantitative estimate of drug-likeness (QED) is 0.562. The summed E-state index contributed by atoms with van der Waals surface area (Å²) in [5, 5.41) is 2.83. The van der Waals surface area contributed by atoms with Gasteiger partial charge in [0.1, 0.15) is 0 Å². The maximum Gasteiger partial charge on any atom is 0.262 e. The smallest absolute Gasteiger partial charge is 0.262 e. The van der Waals surface area contributed by atoms with E-state index in [1.54, 1.807) is 30.3 Å². The topological polar surface area (TPSA) is 97.4 Å². The van der Waals surface area contributed by atoms with Crippen LogP contribution >= 0.6 is 0 Å². The minimum Gasteiger partial charge on any atom is -0.493 e. The van der Waals surface area contributed by atoms with Crippen molar-refractivity contribution < 1.29 is 27.4 Å². The molecule has 0 saturated carbocycles. The highest BCUT2D eigenvalue weighted by Crippen LogP contribution is 2.31. The zero-order chi connectivity index (χ0) is 23.8. The Kier molecular flexibility index (Phi) is 8.54. The first-order valence-corrected chi connectivity index (χ1v) is 12.4. The molecule has 0 spiro atoms. The highest BCUT2D eigenvalue weighted by atomic mass is 32.2. The number of para-hydroxylation sites is 2. The number of ether oxygens (including phenoxy) is 3. The van der Waals surface area contributed by atoms with Gasteiger partial charge in [0, 0.05) is 26.2 Å². The van der Waals surface area contributed by atoms with Gasteiger partial charge in [-0.1, -0.05) is 12.1 Å². The van der Waals surface area contributed by atoms with Crippen LogP contribution in [0, 0.1) is 0 Å². The third-order valence-corrected chi connectivity index (χ3v) is 7.28. The fourth-order valence-corrected chi connectivity index (χ4v) is 5.05.